The molecule has 0 aliphatic carbocycles. The molecule has 0 saturated heterocycles. The molecule has 0 saturated carbocycles. The summed E-state index contributed by atoms with van der Waals surface area (Å²) in [6.07, 6.45) is 1.63. The number of aryl methyl sites for hydroxylation is 1. The van der Waals surface area contributed by atoms with Crippen LogP contribution in [0.2, 0.25) is 0 Å². The van der Waals surface area contributed by atoms with Gasteiger partial charge in [0, 0.05) is 18.2 Å². The van der Waals surface area contributed by atoms with Crippen LogP contribution in [0.3, 0.4) is 0 Å². The average molecular weight is 251 g/mol. The third kappa shape index (κ3) is 4.00. The molecule has 0 amide bonds. The molecule has 1 atom stereocenters. The Kier molecular flexibility index (Phi) is 6.16. The summed E-state index contributed by atoms with van der Waals surface area (Å²) in [5, 5.41) is 13.6. The third-order valence-corrected chi connectivity index (χ3v) is 3.33. The minimum Gasteiger partial charge on any atom is -0.496 e. The minimum absolute atomic E-state index is 0.468. The van der Waals surface area contributed by atoms with Crippen molar-refractivity contribution in [2.45, 2.75) is 45.8 Å². The van der Waals surface area contributed by atoms with E-state index in [-0.39, 0.29) is 0 Å². The van der Waals surface area contributed by atoms with Crippen molar-refractivity contribution in [2.24, 2.45) is 0 Å². The van der Waals surface area contributed by atoms with Crippen molar-refractivity contribution in [1.82, 2.24) is 5.32 Å². The Labute approximate surface area is 110 Å². The lowest BCUT2D eigenvalue weighted by Gasteiger charge is -2.20. The van der Waals surface area contributed by atoms with Gasteiger partial charge in [0.1, 0.15) is 5.75 Å². The van der Waals surface area contributed by atoms with Gasteiger partial charge in [0.25, 0.3) is 0 Å². The molecular formula is C15H25NO2. The molecular weight excluding hydrogens is 226 g/mol. The van der Waals surface area contributed by atoms with E-state index in [0.29, 0.717) is 12.6 Å². The highest BCUT2D eigenvalue weighted by atomic mass is 16.5. The van der Waals surface area contributed by atoms with Crippen LogP contribution in [0, 0.1) is 6.92 Å². The molecule has 102 valence electrons. The fraction of sp³-hybridized carbons (Fsp3) is 0.600. The second-order valence-electron chi connectivity index (χ2n) is 4.68. The lowest BCUT2D eigenvalue weighted by molar-refractivity contribution is 0.165. The van der Waals surface area contributed by atoms with Crippen LogP contribution in [-0.2, 0) is 0 Å². The van der Waals surface area contributed by atoms with Crippen molar-refractivity contribution >= 4 is 0 Å². The number of nitrogens with one attached hydrogen (secondary N) is 1. The molecule has 0 spiro atoms. The maximum absolute atomic E-state index is 10.3. The summed E-state index contributed by atoms with van der Waals surface area (Å²) < 4.78 is 5.29. The largest absolute Gasteiger partial charge is 0.496 e. The molecule has 0 radical (unpaired) electrons. The van der Waals surface area contributed by atoms with Gasteiger partial charge in [-0.05, 0) is 31.9 Å². The predicted octanol–water partition coefficient (Wildman–Crippen LogP) is 2.82. The van der Waals surface area contributed by atoms with Gasteiger partial charge >= 0.3 is 0 Å². The van der Waals surface area contributed by atoms with E-state index in [1.54, 1.807) is 7.11 Å². The molecule has 1 aromatic carbocycles. The zero-order valence-corrected chi connectivity index (χ0v) is 11.9. The zero-order valence-electron chi connectivity index (χ0n) is 11.9. The van der Waals surface area contributed by atoms with Gasteiger partial charge in [-0.3, -0.25) is 0 Å². The van der Waals surface area contributed by atoms with Gasteiger partial charge in [-0.25, -0.2) is 0 Å². The van der Waals surface area contributed by atoms with Gasteiger partial charge in [0.2, 0.25) is 0 Å². The monoisotopic (exact) mass is 251 g/mol. The lowest BCUT2D eigenvalue weighted by Crippen LogP contribution is -2.31. The van der Waals surface area contributed by atoms with Gasteiger partial charge < -0.3 is 15.2 Å². The van der Waals surface area contributed by atoms with E-state index in [0.717, 1.165) is 29.7 Å². The van der Waals surface area contributed by atoms with E-state index in [1.165, 1.54) is 0 Å². The number of aliphatic hydroxyl groups excluding tert-OH is 1. The Bertz CT molecular complexity index is 362. The molecule has 0 fully saturated rings. The summed E-state index contributed by atoms with van der Waals surface area (Å²) in [7, 11) is 1.63. The second kappa shape index (κ2) is 7.39. The SMILES string of the molecule is CCC(CC)NCC(O)c1cc(C)ccc1OC. The van der Waals surface area contributed by atoms with Gasteiger partial charge in [-0.15, -0.1) is 0 Å². The molecule has 0 bridgehead atoms. The maximum atomic E-state index is 10.3. The molecule has 0 heterocycles. The fourth-order valence-electron chi connectivity index (χ4n) is 2.08. The fourth-order valence-corrected chi connectivity index (χ4v) is 2.08. The Morgan fingerprint density at radius 2 is 1.94 bits per heavy atom. The van der Waals surface area contributed by atoms with Crippen molar-refractivity contribution in [3.05, 3.63) is 29.3 Å². The van der Waals surface area contributed by atoms with Crippen LogP contribution in [0.1, 0.15) is 43.9 Å². The Balaban J connectivity index is 2.71. The quantitative estimate of drug-likeness (QED) is 0.783. The molecule has 0 aromatic heterocycles. The van der Waals surface area contributed by atoms with Crippen molar-refractivity contribution in [2.75, 3.05) is 13.7 Å². The summed E-state index contributed by atoms with van der Waals surface area (Å²) >= 11 is 0. The second-order valence-corrected chi connectivity index (χ2v) is 4.68. The topological polar surface area (TPSA) is 41.5 Å². The van der Waals surface area contributed by atoms with Gasteiger partial charge in [0.15, 0.2) is 0 Å². The standard InChI is InChI=1S/C15H25NO2/c1-5-12(6-2)16-10-14(17)13-9-11(3)7-8-15(13)18-4/h7-9,12,14,16-17H,5-6,10H2,1-4H3. The van der Waals surface area contributed by atoms with E-state index in [1.807, 2.05) is 25.1 Å². The van der Waals surface area contributed by atoms with Crippen LogP contribution in [0.5, 0.6) is 5.75 Å². The van der Waals surface area contributed by atoms with Crippen LogP contribution in [-0.4, -0.2) is 24.8 Å². The van der Waals surface area contributed by atoms with Crippen LogP contribution < -0.4 is 10.1 Å². The maximum Gasteiger partial charge on any atom is 0.124 e. The van der Waals surface area contributed by atoms with Crippen LogP contribution >= 0.6 is 0 Å². The van der Waals surface area contributed by atoms with Crippen LogP contribution in [0.25, 0.3) is 0 Å². The first-order valence-electron chi connectivity index (χ1n) is 6.68. The number of hydrogen-bond donors (Lipinski definition) is 2. The first-order chi connectivity index (χ1) is 8.62. The number of ether oxygens (including phenoxy) is 1. The smallest absolute Gasteiger partial charge is 0.124 e. The van der Waals surface area contributed by atoms with E-state index in [2.05, 4.69) is 19.2 Å². The van der Waals surface area contributed by atoms with E-state index >= 15 is 0 Å². The number of benzene rings is 1. The number of aliphatic hydroxyl groups is 1. The lowest BCUT2D eigenvalue weighted by atomic mass is 10.0. The molecule has 0 aliphatic rings. The van der Waals surface area contributed by atoms with E-state index < -0.39 is 6.10 Å². The molecule has 1 rings (SSSR count). The molecule has 2 N–H and O–H groups in total. The van der Waals surface area contributed by atoms with Crippen molar-refractivity contribution in [3.8, 4) is 5.75 Å². The van der Waals surface area contributed by atoms with Gasteiger partial charge in [0.05, 0.1) is 13.2 Å². The van der Waals surface area contributed by atoms with Crippen molar-refractivity contribution in [3.63, 3.8) is 0 Å². The van der Waals surface area contributed by atoms with E-state index in [9.17, 15) is 5.11 Å². The summed E-state index contributed by atoms with van der Waals surface area (Å²) in [6.45, 7) is 6.89. The van der Waals surface area contributed by atoms with E-state index in [4.69, 9.17) is 4.74 Å². The Morgan fingerprint density at radius 1 is 1.28 bits per heavy atom. The molecule has 0 aliphatic heterocycles. The first kappa shape index (κ1) is 15.0. The number of rotatable bonds is 7. The molecule has 3 heteroatoms. The first-order valence-corrected chi connectivity index (χ1v) is 6.68. The highest BCUT2D eigenvalue weighted by molar-refractivity contribution is 5.38. The summed E-state index contributed by atoms with van der Waals surface area (Å²) in [6, 6.07) is 6.35. The van der Waals surface area contributed by atoms with Gasteiger partial charge in [-0.1, -0.05) is 25.5 Å². The van der Waals surface area contributed by atoms with Crippen LogP contribution in [0.4, 0.5) is 0 Å². The highest BCUT2D eigenvalue weighted by Crippen LogP contribution is 2.26. The normalized spacial score (nSPS) is 12.8. The molecule has 3 nitrogen and oxygen atoms in total. The van der Waals surface area contributed by atoms with Crippen LogP contribution in [0.15, 0.2) is 18.2 Å². The van der Waals surface area contributed by atoms with Crippen molar-refractivity contribution in [1.29, 1.82) is 0 Å². The number of hydrogen-bond acceptors (Lipinski definition) is 3. The Morgan fingerprint density at radius 3 is 2.50 bits per heavy atom. The average Bonchev–Trinajstić information content (AvgIpc) is 2.39. The third-order valence-electron chi connectivity index (χ3n) is 3.33. The molecule has 1 unspecified atom stereocenters. The number of methoxy groups -OCH3 is 1. The molecule has 18 heavy (non-hydrogen) atoms. The van der Waals surface area contributed by atoms with Crippen molar-refractivity contribution < 1.29 is 9.84 Å². The Hall–Kier alpha value is -1.06. The molecule has 1 aromatic rings. The summed E-state index contributed by atoms with van der Waals surface area (Å²) in [4.78, 5) is 0. The zero-order chi connectivity index (χ0) is 13.5. The van der Waals surface area contributed by atoms with Gasteiger partial charge in [-0.2, -0.15) is 0 Å². The minimum atomic E-state index is -0.527. The summed E-state index contributed by atoms with van der Waals surface area (Å²) in [5.74, 6) is 0.749. The summed E-state index contributed by atoms with van der Waals surface area (Å²) in [5.41, 5.74) is 1.99. The highest BCUT2D eigenvalue weighted by Gasteiger charge is 2.14. The predicted molar refractivity (Wildman–Crippen MR) is 75.1 cm³/mol.